The zero-order valence-corrected chi connectivity index (χ0v) is 24.3. The van der Waals surface area contributed by atoms with Crippen LogP contribution in [0, 0.1) is 0 Å². The SMILES string of the molecule is CC/C=C\[C@@H]1O[C@H]1C1=C(C)C(=O)[C@]2(O1)C(=O)N/C(=C\c1ccccc1)[C@@H]2O[Si](C(C)C)(C(C)C)C(C)C. The quantitative estimate of drug-likeness (QED) is 0.184. The number of hydrogen-bond donors (Lipinski definition) is 1. The van der Waals surface area contributed by atoms with Gasteiger partial charge in [0.05, 0.1) is 5.70 Å². The Bertz CT molecular complexity index is 1110. The van der Waals surface area contributed by atoms with Gasteiger partial charge in [0.2, 0.25) is 14.1 Å². The second kappa shape index (κ2) is 10.3. The molecule has 0 radical (unpaired) electrons. The summed E-state index contributed by atoms with van der Waals surface area (Å²) in [6.45, 7) is 16.9. The third kappa shape index (κ3) is 4.55. The van der Waals surface area contributed by atoms with Gasteiger partial charge < -0.3 is 19.2 Å². The van der Waals surface area contributed by atoms with Gasteiger partial charge in [0.1, 0.15) is 24.1 Å². The molecule has 37 heavy (non-hydrogen) atoms. The first-order valence-electron chi connectivity index (χ1n) is 13.5. The molecule has 3 heterocycles. The van der Waals surface area contributed by atoms with Crippen LogP contribution in [0.25, 0.3) is 6.08 Å². The van der Waals surface area contributed by atoms with E-state index in [9.17, 15) is 9.59 Å². The van der Waals surface area contributed by atoms with E-state index in [2.05, 4.69) is 53.8 Å². The lowest BCUT2D eigenvalue weighted by Gasteiger charge is -2.45. The molecule has 2 fully saturated rings. The van der Waals surface area contributed by atoms with Crippen molar-refractivity contribution in [2.75, 3.05) is 0 Å². The zero-order chi connectivity index (χ0) is 27.1. The van der Waals surface area contributed by atoms with Gasteiger partial charge in [-0.25, -0.2) is 0 Å². The number of Topliss-reactive ketones (excluding diaryl/α,β-unsaturated/α-hetero) is 1. The highest BCUT2D eigenvalue weighted by Crippen LogP contribution is 2.50. The van der Waals surface area contributed by atoms with E-state index in [4.69, 9.17) is 13.9 Å². The number of benzene rings is 1. The fourth-order valence-corrected chi connectivity index (χ4v) is 11.8. The van der Waals surface area contributed by atoms with Crippen molar-refractivity contribution in [2.24, 2.45) is 0 Å². The summed E-state index contributed by atoms with van der Waals surface area (Å²) in [6.07, 6.45) is 5.45. The van der Waals surface area contributed by atoms with Crippen LogP contribution < -0.4 is 5.32 Å². The molecule has 0 aromatic heterocycles. The van der Waals surface area contributed by atoms with Crippen LogP contribution in [0.2, 0.25) is 16.6 Å². The Morgan fingerprint density at radius 3 is 2.24 bits per heavy atom. The summed E-state index contributed by atoms with van der Waals surface area (Å²) in [7, 11) is -2.52. The lowest BCUT2D eigenvalue weighted by molar-refractivity contribution is -0.152. The van der Waals surface area contributed by atoms with Gasteiger partial charge in [-0.3, -0.25) is 9.59 Å². The van der Waals surface area contributed by atoms with Gasteiger partial charge in [-0.15, -0.1) is 0 Å². The zero-order valence-electron chi connectivity index (χ0n) is 23.3. The summed E-state index contributed by atoms with van der Waals surface area (Å²) < 4.78 is 19.5. The van der Waals surface area contributed by atoms with Crippen LogP contribution in [-0.2, 0) is 23.5 Å². The molecular weight excluding hydrogens is 482 g/mol. The number of rotatable bonds is 9. The maximum atomic E-state index is 14.0. The van der Waals surface area contributed by atoms with Gasteiger partial charge in [0, 0.05) is 5.57 Å². The Hall–Kier alpha value is -2.48. The normalized spacial score (nSPS) is 29.1. The lowest BCUT2D eigenvalue weighted by atomic mass is 9.90. The maximum absolute atomic E-state index is 14.0. The minimum absolute atomic E-state index is 0.147. The molecule has 3 aliphatic rings. The van der Waals surface area contributed by atoms with Crippen LogP contribution in [0.15, 0.2) is 59.5 Å². The Kier molecular flexibility index (Phi) is 7.71. The van der Waals surface area contributed by atoms with Crippen molar-refractivity contribution < 1.29 is 23.5 Å². The van der Waals surface area contributed by atoms with E-state index in [1.54, 1.807) is 6.92 Å². The lowest BCUT2D eigenvalue weighted by Crippen LogP contribution is -2.59. The van der Waals surface area contributed by atoms with Crippen LogP contribution in [0.1, 0.15) is 67.4 Å². The van der Waals surface area contributed by atoms with Crippen LogP contribution in [0.4, 0.5) is 0 Å². The molecule has 0 bridgehead atoms. The van der Waals surface area contributed by atoms with E-state index >= 15 is 0 Å². The van der Waals surface area contributed by atoms with E-state index in [1.807, 2.05) is 48.6 Å². The summed E-state index contributed by atoms with van der Waals surface area (Å²) in [5, 5.41) is 2.99. The number of carbonyl (C=O) groups excluding carboxylic acids is 2. The topological polar surface area (TPSA) is 77.2 Å². The Morgan fingerprint density at radius 2 is 1.68 bits per heavy atom. The maximum Gasteiger partial charge on any atom is 0.279 e. The number of ether oxygens (including phenoxy) is 2. The first-order chi connectivity index (χ1) is 17.5. The van der Waals surface area contributed by atoms with Gasteiger partial charge >= 0.3 is 0 Å². The molecule has 1 aromatic rings. The third-order valence-electron chi connectivity index (χ3n) is 8.06. The summed E-state index contributed by atoms with van der Waals surface area (Å²) in [6, 6.07) is 9.77. The van der Waals surface area contributed by atoms with Gasteiger partial charge in [-0.1, -0.05) is 91.0 Å². The molecule has 7 heteroatoms. The van der Waals surface area contributed by atoms with Crippen molar-refractivity contribution in [3.8, 4) is 0 Å². The first-order valence-corrected chi connectivity index (χ1v) is 15.7. The predicted octanol–water partition coefficient (Wildman–Crippen LogP) is 6.06. The highest BCUT2D eigenvalue weighted by molar-refractivity contribution is 6.77. The summed E-state index contributed by atoms with van der Waals surface area (Å²) in [4.78, 5) is 27.8. The molecule has 1 aromatic carbocycles. The predicted molar refractivity (Wildman–Crippen MR) is 148 cm³/mol. The Balaban J connectivity index is 1.81. The second-order valence-electron chi connectivity index (χ2n) is 11.3. The van der Waals surface area contributed by atoms with E-state index in [0.29, 0.717) is 17.0 Å². The number of hydrogen-bond acceptors (Lipinski definition) is 5. The fraction of sp³-hybridized carbons (Fsp3) is 0.533. The molecule has 4 atom stereocenters. The molecule has 0 saturated carbocycles. The van der Waals surface area contributed by atoms with Crippen molar-refractivity contribution in [3.05, 3.63) is 65.1 Å². The summed E-state index contributed by atoms with van der Waals surface area (Å²) in [5.74, 6) is -0.361. The van der Waals surface area contributed by atoms with Crippen molar-refractivity contribution in [2.45, 2.75) is 102 Å². The number of ketones is 1. The second-order valence-corrected chi connectivity index (χ2v) is 16.7. The molecule has 3 aliphatic heterocycles. The fourth-order valence-electron chi connectivity index (χ4n) is 6.26. The largest absolute Gasteiger partial charge is 0.467 e. The van der Waals surface area contributed by atoms with E-state index < -0.39 is 25.9 Å². The third-order valence-corrected chi connectivity index (χ3v) is 14.1. The molecule has 1 spiro atoms. The molecule has 0 unspecified atom stereocenters. The van der Waals surface area contributed by atoms with Crippen molar-refractivity contribution in [1.29, 1.82) is 0 Å². The summed E-state index contributed by atoms with van der Waals surface area (Å²) in [5.41, 5.74) is 0.919. The highest BCUT2D eigenvalue weighted by atomic mass is 28.4. The van der Waals surface area contributed by atoms with Crippen LogP contribution in [0.3, 0.4) is 0 Å². The monoisotopic (exact) mass is 523 g/mol. The molecule has 1 N–H and O–H groups in total. The molecular formula is C30H41NO5Si. The Labute approximate surface area is 222 Å². The minimum Gasteiger partial charge on any atom is -0.467 e. The Morgan fingerprint density at radius 1 is 1.05 bits per heavy atom. The van der Waals surface area contributed by atoms with E-state index in [1.165, 1.54) is 0 Å². The van der Waals surface area contributed by atoms with Crippen LogP contribution in [0.5, 0.6) is 0 Å². The minimum atomic E-state index is -2.52. The van der Waals surface area contributed by atoms with Crippen LogP contribution in [-0.4, -0.2) is 43.9 Å². The number of allylic oxidation sites excluding steroid dienone is 1. The standard InChI is InChI=1S/C30H41NO5Si/c1-9-10-16-24-26(34-24)25-21(8)27(32)30(35-25)28(36-37(18(2)3,19(4)5)20(6)7)23(31-29(30)33)17-22-14-12-11-13-15-22/h10-20,24,26,28H,9H2,1-8H3,(H,31,33)/b16-10-,23-17-/t24-,26+,28-,30+/m0/s1. The number of carbonyl (C=O) groups is 2. The molecule has 4 rings (SSSR count). The first kappa shape index (κ1) is 27.5. The molecule has 2 saturated heterocycles. The average Bonchev–Trinajstić information content (AvgIpc) is 3.50. The molecule has 1 amide bonds. The molecule has 0 aliphatic carbocycles. The van der Waals surface area contributed by atoms with Gasteiger partial charge in [0.25, 0.3) is 11.5 Å². The number of epoxide rings is 1. The van der Waals surface area contributed by atoms with Gasteiger partial charge in [-0.05, 0) is 41.6 Å². The number of nitrogens with one attached hydrogen (secondary N) is 1. The van der Waals surface area contributed by atoms with Crippen molar-refractivity contribution in [1.82, 2.24) is 5.32 Å². The average molecular weight is 524 g/mol. The van der Waals surface area contributed by atoms with Gasteiger partial charge in [-0.2, -0.15) is 0 Å². The number of amides is 1. The molecule has 6 nitrogen and oxygen atoms in total. The smallest absolute Gasteiger partial charge is 0.279 e. The van der Waals surface area contributed by atoms with E-state index in [0.717, 1.165) is 12.0 Å². The van der Waals surface area contributed by atoms with E-state index in [-0.39, 0.29) is 34.6 Å². The van der Waals surface area contributed by atoms with Gasteiger partial charge in [0.15, 0.2) is 0 Å². The highest BCUT2D eigenvalue weighted by Gasteiger charge is 2.69. The summed E-state index contributed by atoms with van der Waals surface area (Å²) >= 11 is 0. The molecule has 200 valence electrons. The van der Waals surface area contributed by atoms with Crippen molar-refractivity contribution in [3.63, 3.8) is 0 Å². The van der Waals surface area contributed by atoms with Crippen LogP contribution >= 0.6 is 0 Å². The van der Waals surface area contributed by atoms with Crippen molar-refractivity contribution >= 4 is 26.1 Å².